The summed E-state index contributed by atoms with van der Waals surface area (Å²) in [6, 6.07) is 15.7. The van der Waals surface area contributed by atoms with Crippen LogP contribution >= 0.6 is 0 Å². The van der Waals surface area contributed by atoms with Crippen molar-refractivity contribution in [3.8, 4) is 6.07 Å². The summed E-state index contributed by atoms with van der Waals surface area (Å²) in [7, 11) is 0. The Bertz CT molecular complexity index is 840. The van der Waals surface area contributed by atoms with Gasteiger partial charge in [-0.3, -0.25) is 0 Å². The molecule has 0 saturated carbocycles. The summed E-state index contributed by atoms with van der Waals surface area (Å²) >= 11 is 0. The second-order valence-electron chi connectivity index (χ2n) is 5.03. The predicted octanol–water partition coefficient (Wildman–Crippen LogP) is 3.10. The fraction of sp³-hybridized carbons (Fsp3) is 0.176. The van der Waals surface area contributed by atoms with Gasteiger partial charge in [0, 0.05) is 18.7 Å². The molecule has 0 unspecified atom stereocenters. The third-order valence-corrected chi connectivity index (χ3v) is 3.56. The van der Waals surface area contributed by atoms with E-state index >= 15 is 0 Å². The van der Waals surface area contributed by atoms with Gasteiger partial charge in [0.2, 0.25) is 0 Å². The largest absolute Gasteiger partial charge is 0.399 e. The molecule has 3 rings (SSSR count). The van der Waals surface area contributed by atoms with Crippen LogP contribution in [0.1, 0.15) is 23.9 Å². The standard InChI is InChI=1S/C17H16N4/c1-2-17-20-15-9-14(19)6-7-16(15)21(17)11-13-5-3-4-12(8-13)10-18/h3-9H,2,11,19H2,1H3. The number of nitrogens with zero attached hydrogens (tertiary/aromatic N) is 3. The van der Waals surface area contributed by atoms with Crippen LogP contribution in [0.15, 0.2) is 42.5 Å². The van der Waals surface area contributed by atoms with E-state index in [1.807, 2.05) is 42.5 Å². The Kier molecular flexibility index (Phi) is 3.33. The number of nitriles is 1. The highest BCUT2D eigenvalue weighted by molar-refractivity contribution is 5.79. The molecule has 104 valence electrons. The molecule has 21 heavy (non-hydrogen) atoms. The van der Waals surface area contributed by atoms with Crippen LogP contribution in [0, 0.1) is 11.3 Å². The van der Waals surface area contributed by atoms with E-state index in [0.29, 0.717) is 12.1 Å². The lowest BCUT2D eigenvalue weighted by Gasteiger charge is -2.08. The molecular weight excluding hydrogens is 260 g/mol. The van der Waals surface area contributed by atoms with Crippen molar-refractivity contribution >= 4 is 16.7 Å². The van der Waals surface area contributed by atoms with E-state index < -0.39 is 0 Å². The van der Waals surface area contributed by atoms with Crippen LogP contribution in [0.3, 0.4) is 0 Å². The summed E-state index contributed by atoms with van der Waals surface area (Å²) in [4.78, 5) is 4.65. The second-order valence-corrected chi connectivity index (χ2v) is 5.03. The number of imidazole rings is 1. The van der Waals surface area contributed by atoms with Crippen molar-refractivity contribution in [2.24, 2.45) is 0 Å². The molecule has 0 fully saturated rings. The minimum atomic E-state index is 0.680. The Hall–Kier alpha value is -2.80. The molecule has 0 aliphatic heterocycles. The fourth-order valence-corrected chi connectivity index (χ4v) is 2.56. The smallest absolute Gasteiger partial charge is 0.109 e. The average molecular weight is 276 g/mol. The maximum atomic E-state index is 9.01. The number of benzene rings is 2. The number of rotatable bonds is 3. The molecule has 1 heterocycles. The molecule has 3 aromatic rings. The fourth-order valence-electron chi connectivity index (χ4n) is 2.56. The zero-order chi connectivity index (χ0) is 14.8. The van der Waals surface area contributed by atoms with Gasteiger partial charge in [-0.2, -0.15) is 5.26 Å². The van der Waals surface area contributed by atoms with Crippen LogP contribution < -0.4 is 5.73 Å². The van der Waals surface area contributed by atoms with Crippen molar-refractivity contribution in [1.29, 1.82) is 5.26 Å². The van der Waals surface area contributed by atoms with Gasteiger partial charge in [-0.25, -0.2) is 4.98 Å². The molecule has 0 spiro atoms. The predicted molar refractivity (Wildman–Crippen MR) is 83.8 cm³/mol. The molecule has 4 nitrogen and oxygen atoms in total. The first-order valence-electron chi connectivity index (χ1n) is 6.95. The van der Waals surface area contributed by atoms with Crippen LogP contribution in [0.5, 0.6) is 0 Å². The van der Waals surface area contributed by atoms with Crippen molar-refractivity contribution in [1.82, 2.24) is 9.55 Å². The SMILES string of the molecule is CCc1nc2cc(N)ccc2n1Cc1cccc(C#N)c1. The number of hydrogen-bond acceptors (Lipinski definition) is 3. The maximum Gasteiger partial charge on any atom is 0.109 e. The topological polar surface area (TPSA) is 67.6 Å². The highest BCUT2D eigenvalue weighted by Gasteiger charge is 2.10. The zero-order valence-electron chi connectivity index (χ0n) is 11.9. The molecule has 0 saturated heterocycles. The lowest BCUT2D eigenvalue weighted by molar-refractivity contribution is 0.753. The number of nitrogens with two attached hydrogens (primary N) is 1. The van der Waals surface area contributed by atoms with E-state index in [-0.39, 0.29) is 0 Å². The first-order chi connectivity index (χ1) is 10.2. The van der Waals surface area contributed by atoms with Crippen molar-refractivity contribution in [3.05, 3.63) is 59.4 Å². The van der Waals surface area contributed by atoms with E-state index in [1.54, 1.807) is 0 Å². The van der Waals surface area contributed by atoms with Crippen molar-refractivity contribution in [2.75, 3.05) is 5.73 Å². The van der Waals surface area contributed by atoms with E-state index in [1.165, 1.54) is 0 Å². The molecular formula is C17H16N4. The number of aromatic nitrogens is 2. The number of aryl methyl sites for hydroxylation is 1. The van der Waals surface area contributed by atoms with Gasteiger partial charge in [0.15, 0.2) is 0 Å². The van der Waals surface area contributed by atoms with Crippen LogP contribution in [0.2, 0.25) is 0 Å². The van der Waals surface area contributed by atoms with Gasteiger partial charge >= 0.3 is 0 Å². The summed E-state index contributed by atoms with van der Waals surface area (Å²) < 4.78 is 2.19. The average Bonchev–Trinajstić information content (AvgIpc) is 2.84. The lowest BCUT2D eigenvalue weighted by atomic mass is 10.1. The van der Waals surface area contributed by atoms with Crippen LogP contribution in [-0.2, 0) is 13.0 Å². The van der Waals surface area contributed by atoms with E-state index in [4.69, 9.17) is 11.0 Å². The van der Waals surface area contributed by atoms with Gasteiger partial charge in [-0.05, 0) is 35.9 Å². The Morgan fingerprint density at radius 2 is 2.10 bits per heavy atom. The third-order valence-electron chi connectivity index (χ3n) is 3.56. The molecule has 0 atom stereocenters. The molecule has 2 aromatic carbocycles. The van der Waals surface area contributed by atoms with Gasteiger partial charge < -0.3 is 10.3 Å². The lowest BCUT2D eigenvalue weighted by Crippen LogP contribution is -2.04. The summed E-state index contributed by atoms with van der Waals surface area (Å²) in [6.45, 7) is 2.80. The summed E-state index contributed by atoms with van der Waals surface area (Å²) in [5, 5.41) is 9.01. The van der Waals surface area contributed by atoms with Gasteiger partial charge in [0.25, 0.3) is 0 Å². The Balaban J connectivity index is 2.08. The van der Waals surface area contributed by atoms with Gasteiger partial charge in [0.05, 0.1) is 22.7 Å². The molecule has 0 aliphatic rings. The highest BCUT2D eigenvalue weighted by Crippen LogP contribution is 2.21. The zero-order valence-corrected chi connectivity index (χ0v) is 11.9. The van der Waals surface area contributed by atoms with E-state index in [0.717, 1.165) is 34.5 Å². The number of anilines is 1. The summed E-state index contributed by atoms with van der Waals surface area (Å²) in [5.74, 6) is 1.03. The van der Waals surface area contributed by atoms with Gasteiger partial charge in [0.1, 0.15) is 5.82 Å². The molecule has 1 aromatic heterocycles. The molecule has 0 bridgehead atoms. The second kappa shape index (κ2) is 5.29. The highest BCUT2D eigenvalue weighted by atomic mass is 15.1. The van der Waals surface area contributed by atoms with Crippen LogP contribution in [0.25, 0.3) is 11.0 Å². The monoisotopic (exact) mass is 276 g/mol. The third kappa shape index (κ3) is 2.46. The normalized spacial score (nSPS) is 10.7. The summed E-state index contributed by atoms with van der Waals surface area (Å²) in [5.41, 5.74) is 10.3. The molecule has 0 amide bonds. The van der Waals surface area contributed by atoms with Gasteiger partial charge in [-0.1, -0.05) is 19.1 Å². The van der Waals surface area contributed by atoms with Crippen LogP contribution in [0.4, 0.5) is 5.69 Å². The van der Waals surface area contributed by atoms with Crippen molar-refractivity contribution < 1.29 is 0 Å². The van der Waals surface area contributed by atoms with Crippen LogP contribution in [-0.4, -0.2) is 9.55 Å². The van der Waals surface area contributed by atoms with Gasteiger partial charge in [-0.15, -0.1) is 0 Å². The molecule has 2 N–H and O–H groups in total. The Labute approximate surface area is 123 Å². The minimum absolute atomic E-state index is 0.680. The van der Waals surface area contributed by atoms with E-state index in [2.05, 4.69) is 22.5 Å². The Morgan fingerprint density at radius 1 is 1.24 bits per heavy atom. The first kappa shape index (κ1) is 13.2. The first-order valence-corrected chi connectivity index (χ1v) is 6.95. The Morgan fingerprint density at radius 3 is 2.86 bits per heavy atom. The number of nitrogen functional groups attached to an aromatic ring is 1. The van der Waals surface area contributed by atoms with Crippen molar-refractivity contribution in [2.45, 2.75) is 19.9 Å². The minimum Gasteiger partial charge on any atom is -0.399 e. The maximum absolute atomic E-state index is 9.01. The molecule has 4 heteroatoms. The summed E-state index contributed by atoms with van der Waals surface area (Å²) in [6.07, 6.45) is 0.854. The van der Waals surface area contributed by atoms with Crippen molar-refractivity contribution in [3.63, 3.8) is 0 Å². The molecule has 0 aliphatic carbocycles. The molecule has 0 radical (unpaired) electrons. The number of hydrogen-bond donors (Lipinski definition) is 1. The number of fused-ring (bicyclic) bond motifs is 1. The van der Waals surface area contributed by atoms with E-state index in [9.17, 15) is 0 Å². The quantitative estimate of drug-likeness (QED) is 0.747.